The van der Waals surface area contributed by atoms with Crippen LogP contribution >= 0.6 is 23.1 Å². The molecule has 20 heavy (non-hydrogen) atoms. The van der Waals surface area contributed by atoms with Gasteiger partial charge in [-0.15, -0.1) is 11.3 Å². The summed E-state index contributed by atoms with van der Waals surface area (Å²) in [5.74, 6) is 1.06. The molecular weight excluding hydrogens is 290 g/mol. The molecule has 0 aliphatic rings. The maximum atomic E-state index is 10.7. The average Bonchev–Trinajstić information content (AvgIpc) is 3.02. The highest BCUT2D eigenvalue weighted by Crippen LogP contribution is 2.34. The van der Waals surface area contributed by atoms with E-state index in [1.165, 1.54) is 0 Å². The largest absolute Gasteiger partial charge is 0.453 e. The third-order valence-corrected chi connectivity index (χ3v) is 4.85. The Morgan fingerprint density at radius 3 is 2.85 bits per heavy atom. The van der Waals surface area contributed by atoms with Crippen LogP contribution in [0.15, 0.2) is 39.1 Å². The lowest BCUT2D eigenvalue weighted by Crippen LogP contribution is -1.83. The van der Waals surface area contributed by atoms with Gasteiger partial charge in [-0.05, 0) is 30.3 Å². The molecule has 0 unspecified atom stereocenters. The van der Waals surface area contributed by atoms with Crippen molar-refractivity contribution in [2.45, 2.75) is 23.4 Å². The molecular formula is C15H13NO2S2. The minimum absolute atomic E-state index is 0.348. The van der Waals surface area contributed by atoms with Gasteiger partial charge in [-0.1, -0.05) is 25.6 Å². The van der Waals surface area contributed by atoms with Crippen LogP contribution in [0.5, 0.6) is 0 Å². The highest BCUT2D eigenvalue weighted by molar-refractivity contribution is 8.01. The second-order valence-electron chi connectivity index (χ2n) is 4.65. The highest BCUT2D eigenvalue weighted by atomic mass is 32.2. The molecule has 102 valence electrons. The van der Waals surface area contributed by atoms with Crippen molar-refractivity contribution >= 4 is 39.6 Å². The number of benzene rings is 1. The van der Waals surface area contributed by atoms with E-state index in [1.54, 1.807) is 29.2 Å². The smallest absolute Gasteiger partial charge is 0.185 e. The summed E-state index contributed by atoms with van der Waals surface area (Å²) in [6.45, 7) is 4.32. The SMILES string of the molecule is CC(C)Sc1nc2ccc(-c3ccc(C=O)o3)cc2s1. The van der Waals surface area contributed by atoms with Gasteiger partial charge < -0.3 is 4.42 Å². The Balaban J connectivity index is 1.99. The summed E-state index contributed by atoms with van der Waals surface area (Å²) in [5.41, 5.74) is 1.97. The summed E-state index contributed by atoms with van der Waals surface area (Å²) < 4.78 is 7.67. The van der Waals surface area contributed by atoms with Gasteiger partial charge in [0.1, 0.15) is 5.76 Å². The van der Waals surface area contributed by atoms with Crippen LogP contribution in [0.4, 0.5) is 0 Å². The Morgan fingerprint density at radius 1 is 1.30 bits per heavy atom. The normalized spacial score (nSPS) is 11.3. The molecule has 0 amide bonds. The number of fused-ring (bicyclic) bond motifs is 1. The molecule has 5 heteroatoms. The number of nitrogens with zero attached hydrogens (tertiary/aromatic N) is 1. The van der Waals surface area contributed by atoms with Gasteiger partial charge in [-0.3, -0.25) is 4.79 Å². The van der Waals surface area contributed by atoms with E-state index in [0.717, 1.165) is 20.1 Å². The van der Waals surface area contributed by atoms with Crippen LogP contribution in [0.25, 0.3) is 21.5 Å². The molecule has 2 heterocycles. The summed E-state index contributed by atoms with van der Waals surface area (Å²) in [5, 5.41) is 0.523. The summed E-state index contributed by atoms with van der Waals surface area (Å²) in [6, 6.07) is 9.52. The second kappa shape index (κ2) is 5.42. The monoisotopic (exact) mass is 303 g/mol. The first-order chi connectivity index (χ1) is 9.65. The van der Waals surface area contributed by atoms with E-state index in [-0.39, 0.29) is 0 Å². The number of hydrogen-bond donors (Lipinski definition) is 0. The molecule has 3 aromatic rings. The van der Waals surface area contributed by atoms with Gasteiger partial charge in [0.05, 0.1) is 10.2 Å². The summed E-state index contributed by atoms with van der Waals surface area (Å²) in [7, 11) is 0. The topological polar surface area (TPSA) is 43.1 Å². The summed E-state index contributed by atoms with van der Waals surface area (Å²) in [4.78, 5) is 15.3. The Morgan fingerprint density at radius 2 is 2.15 bits per heavy atom. The predicted molar refractivity (Wildman–Crippen MR) is 83.7 cm³/mol. The van der Waals surface area contributed by atoms with Crippen molar-refractivity contribution in [2.24, 2.45) is 0 Å². The van der Waals surface area contributed by atoms with Gasteiger partial charge in [0, 0.05) is 10.8 Å². The zero-order valence-corrected chi connectivity index (χ0v) is 12.8. The lowest BCUT2D eigenvalue weighted by atomic mass is 10.2. The number of carbonyl (C=O) groups excluding carboxylic acids is 1. The van der Waals surface area contributed by atoms with Crippen molar-refractivity contribution in [2.75, 3.05) is 0 Å². The third kappa shape index (κ3) is 2.64. The minimum atomic E-state index is 0.348. The first-order valence-electron chi connectivity index (χ1n) is 6.28. The van der Waals surface area contributed by atoms with Crippen LogP contribution in [0.1, 0.15) is 24.4 Å². The second-order valence-corrected chi connectivity index (χ2v) is 7.50. The van der Waals surface area contributed by atoms with Crippen molar-refractivity contribution in [1.29, 1.82) is 0 Å². The van der Waals surface area contributed by atoms with E-state index in [4.69, 9.17) is 4.42 Å². The molecule has 0 aliphatic carbocycles. The Kier molecular flexibility index (Phi) is 3.63. The van der Waals surface area contributed by atoms with Crippen molar-refractivity contribution in [3.05, 3.63) is 36.1 Å². The number of carbonyl (C=O) groups is 1. The first-order valence-corrected chi connectivity index (χ1v) is 7.98. The molecule has 0 spiro atoms. The standard InChI is InChI=1S/C15H13NO2S2/c1-9(2)19-15-16-12-5-3-10(7-14(12)20-15)13-6-4-11(8-17)18-13/h3-9H,1-2H3. The molecule has 0 fully saturated rings. The Hall–Kier alpha value is -1.59. The van der Waals surface area contributed by atoms with Crippen molar-refractivity contribution in [3.63, 3.8) is 0 Å². The quantitative estimate of drug-likeness (QED) is 0.509. The van der Waals surface area contributed by atoms with Crippen molar-refractivity contribution < 1.29 is 9.21 Å². The van der Waals surface area contributed by atoms with E-state index < -0.39 is 0 Å². The third-order valence-electron chi connectivity index (χ3n) is 2.73. The Labute approximate surface area is 125 Å². The average molecular weight is 303 g/mol. The molecule has 0 radical (unpaired) electrons. The maximum absolute atomic E-state index is 10.7. The predicted octanol–water partition coefficient (Wildman–Crippen LogP) is 4.87. The number of rotatable bonds is 4. The summed E-state index contributed by atoms with van der Waals surface area (Å²) >= 11 is 3.46. The van der Waals surface area contributed by atoms with E-state index in [9.17, 15) is 4.79 Å². The number of thioether (sulfide) groups is 1. The molecule has 2 aromatic heterocycles. The lowest BCUT2D eigenvalue weighted by molar-refractivity contribution is 0.110. The van der Waals surface area contributed by atoms with E-state index in [1.807, 2.05) is 18.2 Å². The van der Waals surface area contributed by atoms with E-state index in [0.29, 0.717) is 23.1 Å². The van der Waals surface area contributed by atoms with Gasteiger partial charge in [0.15, 0.2) is 16.4 Å². The molecule has 0 saturated carbocycles. The molecule has 3 rings (SSSR count). The fraction of sp³-hybridized carbons (Fsp3) is 0.200. The van der Waals surface area contributed by atoms with Crippen molar-refractivity contribution in [1.82, 2.24) is 4.98 Å². The molecule has 0 N–H and O–H groups in total. The number of aldehydes is 1. The van der Waals surface area contributed by atoms with Gasteiger partial charge >= 0.3 is 0 Å². The zero-order chi connectivity index (χ0) is 14.1. The zero-order valence-electron chi connectivity index (χ0n) is 11.1. The number of hydrogen-bond acceptors (Lipinski definition) is 5. The fourth-order valence-corrected chi connectivity index (χ4v) is 4.21. The van der Waals surface area contributed by atoms with Crippen LogP contribution in [0.3, 0.4) is 0 Å². The van der Waals surface area contributed by atoms with Crippen LogP contribution in [-0.2, 0) is 0 Å². The van der Waals surface area contributed by atoms with E-state index >= 15 is 0 Å². The Bertz CT molecular complexity index is 758. The molecule has 0 atom stereocenters. The molecule has 0 saturated heterocycles. The molecule has 3 nitrogen and oxygen atoms in total. The fourth-order valence-electron chi connectivity index (χ4n) is 1.88. The number of thiazole rings is 1. The number of aromatic nitrogens is 1. The highest BCUT2D eigenvalue weighted by Gasteiger charge is 2.09. The van der Waals surface area contributed by atoms with E-state index in [2.05, 4.69) is 24.9 Å². The van der Waals surface area contributed by atoms with Gasteiger partial charge in [0.25, 0.3) is 0 Å². The first kappa shape index (κ1) is 13.4. The molecule has 0 aliphatic heterocycles. The van der Waals surface area contributed by atoms with Crippen LogP contribution in [-0.4, -0.2) is 16.5 Å². The number of furan rings is 1. The van der Waals surface area contributed by atoms with Gasteiger partial charge in [0.2, 0.25) is 0 Å². The summed E-state index contributed by atoms with van der Waals surface area (Å²) in [6.07, 6.45) is 0.714. The van der Waals surface area contributed by atoms with Crippen LogP contribution < -0.4 is 0 Å². The lowest BCUT2D eigenvalue weighted by Gasteiger charge is -1.97. The van der Waals surface area contributed by atoms with Crippen LogP contribution in [0.2, 0.25) is 0 Å². The van der Waals surface area contributed by atoms with Gasteiger partial charge in [-0.25, -0.2) is 4.98 Å². The molecule has 1 aromatic carbocycles. The maximum Gasteiger partial charge on any atom is 0.185 e. The van der Waals surface area contributed by atoms with Crippen molar-refractivity contribution in [3.8, 4) is 11.3 Å². The van der Waals surface area contributed by atoms with Crippen LogP contribution in [0, 0.1) is 0 Å². The minimum Gasteiger partial charge on any atom is -0.453 e. The molecule has 0 bridgehead atoms. The van der Waals surface area contributed by atoms with Gasteiger partial charge in [-0.2, -0.15) is 0 Å².